The van der Waals surface area contributed by atoms with E-state index in [0.29, 0.717) is 12.8 Å². The highest BCUT2D eigenvalue weighted by atomic mass is 35.5. The van der Waals surface area contributed by atoms with Crippen molar-refractivity contribution in [2.75, 3.05) is 6.61 Å². The van der Waals surface area contributed by atoms with Crippen LogP contribution in [0.2, 0.25) is 0 Å². The number of aliphatic hydroxyl groups is 2. The van der Waals surface area contributed by atoms with E-state index in [-0.39, 0.29) is 6.61 Å². The predicted octanol–water partition coefficient (Wildman–Crippen LogP) is 3.77. The molecule has 4 heteroatoms. The second-order valence-corrected chi connectivity index (χ2v) is 6.97. The molecule has 1 aromatic carbocycles. The van der Waals surface area contributed by atoms with E-state index in [1.165, 1.54) is 44.1 Å². The van der Waals surface area contributed by atoms with E-state index < -0.39 is 11.1 Å². The Morgan fingerprint density at radius 3 is 2.04 bits per heavy atom. The summed E-state index contributed by atoms with van der Waals surface area (Å²) in [6.45, 7) is 1.92. The van der Waals surface area contributed by atoms with Crippen LogP contribution in [-0.2, 0) is 12.8 Å². The van der Waals surface area contributed by atoms with Crippen LogP contribution in [0.3, 0.4) is 0 Å². The molecule has 0 aliphatic heterocycles. The lowest BCUT2D eigenvalue weighted by atomic mass is 9.93. The first-order valence-electron chi connectivity index (χ1n) is 8.81. The molecule has 0 radical (unpaired) electrons. The summed E-state index contributed by atoms with van der Waals surface area (Å²) in [6, 6.07) is 8.53. The van der Waals surface area contributed by atoms with Gasteiger partial charge in [-0.1, -0.05) is 74.9 Å². The van der Waals surface area contributed by atoms with Gasteiger partial charge in [0, 0.05) is 0 Å². The van der Waals surface area contributed by atoms with E-state index >= 15 is 0 Å². The summed E-state index contributed by atoms with van der Waals surface area (Å²) >= 11 is 5.65. The molecular formula is C19H32ClNO2. The van der Waals surface area contributed by atoms with Gasteiger partial charge in [0.2, 0.25) is 0 Å². The second-order valence-electron chi connectivity index (χ2n) is 6.56. The fourth-order valence-corrected chi connectivity index (χ4v) is 2.81. The number of nitrogens with two attached hydrogens (primary N) is 1. The Balaban J connectivity index is 2.33. The van der Waals surface area contributed by atoms with Crippen LogP contribution in [0.1, 0.15) is 63.0 Å². The van der Waals surface area contributed by atoms with Crippen LogP contribution in [0.15, 0.2) is 24.3 Å². The molecule has 0 heterocycles. The molecule has 0 bridgehead atoms. The summed E-state index contributed by atoms with van der Waals surface area (Å²) < 4.78 is 0. The van der Waals surface area contributed by atoms with Gasteiger partial charge >= 0.3 is 0 Å². The van der Waals surface area contributed by atoms with Gasteiger partial charge in [-0.25, -0.2) is 0 Å². The highest BCUT2D eigenvalue weighted by Gasteiger charge is 2.31. The van der Waals surface area contributed by atoms with Crippen molar-refractivity contribution >= 4 is 11.6 Å². The molecular weight excluding hydrogens is 310 g/mol. The standard InChI is InChI=1S/C19H32ClNO2/c1-2-3-4-5-6-7-8-16-9-11-17(12-10-16)13-14-19(21,15-22)18(20)23/h9-12,18,22-23H,2-8,13-15,21H2,1H3. The predicted molar refractivity (Wildman–Crippen MR) is 97.7 cm³/mol. The molecule has 132 valence electrons. The third kappa shape index (κ3) is 7.67. The molecule has 2 unspecified atom stereocenters. The Bertz CT molecular complexity index is 422. The van der Waals surface area contributed by atoms with E-state index in [0.717, 1.165) is 12.0 Å². The zero-order valence-corrected chi connectivity index (χ0v) is 15.1. The molecule has 0 saturated heterocycles. The van der Waals surface area contributed by atoms with Crippen LogP contribution in [0, 0.1) is 0 Å². The van der Waals surface area contributed by atoms with Gasteiger partial charge in [-0.2, -0.15) is 0 Å². The summed E-state index contributed by atoms with van der Waals surface area (Å²) in [5.41, 5.74) is 6.04. The summed E-state index contributed by atoms with van der Waals surface area (Å²) in [5.74, 6) is 0. The van der Waals surface area contributed by atoms with Crippen molar-refractivity contribution < 1.29 is 10.2 Å². The van der Waals surface area contributed by atoms with Gasteiger partial charge in [0.05, 0.1) is 12.1 Å². The Labute approximate surface area is 145 Å². The Morgan fingerprint density at radius 2 is 1.52 bits per heavy atom. The fourth-order valence-electron chi connectivity index (χ4n) is 2.63. The minimum absolute atomic E-state index is 0.326. The largest absolute Gasteiger partial charge is 0.394 e. The Kier molecular flexibility index (Phi) is 9.80. The third-order valence-corrected chi connectivity index (χ3v) is 4.92. The smallest absolute Gasteiger partial charge is 0.148 e. The van der Waals surface area contributed by atoms with Crippen LogP contribution in [0.25, 0.3) is 0 Å². The van der Waals surface area contributed by atoms with Crippen molar-refractivity contribution in [1.29, 1.82) is 0 Å². The number of unbranched alkanes of at least 4 members (excludes halogenated alkanes) is 5. The number of halogens is 1. The monoisotopic (exact) mass is 341 g/mol. The van der Waals surface area contributed by atoms with E-state index in [4.69, 9.17) is 17.3 Å². The number of hydrogen-bond donors (Lipinski definition) is 3. The van der Waals surface area contributed by atoms with Crippen LogP contribution >= 0.6 is 11.6 Å². The van der Waals surface area contributed by atoms with Gasteiger partial charge < -0.3 is 15.9 Å². The zero-order valence-electron chi connectivity index (χ0n) is 14.3. The van der Waals surface area contributed by atoms with Gasteiger partial charge in [0.15, 0.2) is 0 Å². The van der Waals surface area contributed by atoms with Crippen molar-refractivity contribution in [3.63, 3.8) is 0 Å². The van der Waals surface area contributed by atoms with E-state index in [1.807, 2.05) is 0 Å². The molecule has 0 fully saturated rings. The van der Waals surface area contributed by atoms with Gasteiger partial charge in [0.1, 0.15) is 5.56 Å². The topological polar surface area (TPSA) is 66.5 Å². The molecule has 0 aromatic heterocycles. The average molecular weight is 342 g/mol. The average Bonchev–Trinajstić information content (AvgIpc) is 2.56. The number of aryl methyl sites for hydroxylation is 2. The molecule has 2 atom stereocenters. The Morgan fingerprint density at radius 1 is 1.00 bits per heavy atom. The van der Waals surface area contributed by atoms with Gasteiger partial charge in [-0.3, -0.25) is 0 Å². The van der Waals surface area contributed by atoms with Crippen LogP contribution in [0.4, 0.5) is 0 Å². The first kappa shape index (κ1) is 20.4. The number of benzene rings is 1. The van der Waals surface area contributed by atoms with Crippen LogP contribution < -0.4 is 5.73 Å². The molecule has 23 heavy (non-hydrogen) atoms. The van der Waals surface area contributed by atoms with Crippen LogP contribution in [0.5, 0.6) is 0 Å². The van der Waals surface area contributed by atoms with Crippen molar-refractivity contribution in [3.05, 3.63) is 35.4 Å². The first-order chi connectivity index (χ1) is 11.0. The molecule has 0 amide bonds. The zero-order chi connectivity index (χ0) is 17.1. The lowest BCUT2D eigenvalue weighted by Gasteiger charge is -2.28. The molecule has 1 rings (SSSR count). The van der Waals surface area contributed by atoms with Gasteiger partial charge in [-0.05, 0) is 36.8 Å². The van der Waals surface area contributed by atoms with E-state index in [2.05, 4.69) is 31.2 Å². The summed E-state index contributed by atoms with van der Waals surface area (Å²) in [4.78, 5) is 0. The van der Waals surface area contributed by atoms with E-state index in [1.54, 1.807) is 0 Å². The second kappa shape index (κ2) is 11.0. The fraction of sp³-hybridized carbons (Fsp3) is 0.684. The van der Waals surface area contributed by atoms with E-state index in [9.17, 15) is 10.2 Å². The maximum atomic E-state index is 9.45. The molecule has 0 aliphatic carbocycles. The third-order valence-electron chi connectivity index (χ3n) is 4.49. The summed E-state index contributed by atoms with van der Waals surface area (Å²) in [5, 5.41) is 18.7. The minimum atomic E-state index is -1.24. The number of hydrogen-bond acceptors (Lipinski definition) is 3. The SMILES string of the molecule is CCCCCCCCc1ccc(CCC(N)(CO)C(O)Cl)cc1. The van der Waals surface area contributed by atoms with Gasteiger partial charge in [-0.15, -0.1) is 0 Å². The number of aliphatic hydroxyl groups excluding tert-OH is 2. The van der Waals surface area contributed by atoms with Crippen LogP contribution in [-0.4, -0.2) is 27.9 Å². The van der Waals surface area contributed by atoms with Crippen molar-refractivity contribution in [2.24, 2.45) is 5.73 Å². The van der Waals surface area contributed by atoms with Crippen molar-refractivity contribution in [2.45, 2.75) is 75.8 Å². The lowest BCUT2D eigenvalue weighted by molar-refractivity contribution is 0.0887. The molecule has 3 nitrogen and oxygen atoms in total. The molecule has 0 spiro atoms. The summed E-state index contributed by atoms with van der Waals surface area (Å²) in [6.07, 6.45) is 10.2. The van der Waals surface area contributed by atoms with Crippen molar-refractivity contribution in [1.82, 2.24) is 0 Å². The molecule has 0 saturated carbocycles. The van der Waals surface area contributed by atoms with Gasteiger partial charge in [0.25, 0.3) is 0 Å². The maximum Gasteiger partial charge on any atom is 0.148 e. The molecule has 0 aliphatic rings. The van der Waals surface area contributed by atoms with Crippen molar-refractivity contribution in [3.8, 4) is 0 Å². The lowest BCUT2D eigenvalue weighted by Crippen LogP contribution is -2.52. The normalized spacial score (nSPS) is 15.3. The summed E-state index contributed by atoms with van der Waals surface area (Å²) in [7, 11) is 0. The maximum absolute atomic E-state index is 9.45. The highest BCUT2D eigenvalue weighted by molar-refractivity contribution is 6.20. The molecule has 1 aromatic rings. The highest BCUT2D eigenvalue weighted by Crippen LogP contribution is 2.19. The number of rotatable bonds is 12. The quantitative estimate of drug-likeness (QED) is 0.400. The first-order valence-corrected chi connectivity index (χ1v) is 9.25. The number of alkyl halides is 1. The Hall–Kier alpha value is -0.610. The minimum Gasteiger partial charge on any atom is -0.394 e. The molecule has 4 N–H and O–H groups in total.